The third kappa shape index (κ3) is 5.35. The zero-order valence-corrected chi connectivity index (χ0v) is 13.4. The summed E-state index contributed by atoms with van der Waals surface area (Å²) in [7, 11) is 1.21. The minimum atomic E-state index is -1.22. The lowest BCUT2D eigenvalue weighted by atomic mass is 10.1. The van der Waals surface area contributed by atoms with Crippen LogP contribution in [0.5, 0.6) is 0 Å². The van der Waals surface area contributed by atoms with Crippen molar-refractivity contribution >= 4 is 45.4 Å². The van der Waals surface area contributed by atoms with Gasteiger partial charge in [-0.25, -0.2) is 4.79 Å². The van der Waals surface area contributed by atoms with Crippen LogP contribution in [0.4, 0.5) is 0 Å². The highest BCUT2D eigenvalue weighted by Gasteiger charge is 2.22. The van der Waals surface area contributed by atoms with Gasteiger partial charge in [0.2, 0.25) is 0 Å². The van der Waals surface area contributed by atoms with Gasteiger partial charge in [-0.3, -0.25) is 9.59 Å². The van der Waals surface area contributed by atoms with Gasteiger partial charge in [-0.1, -0.05) is 11.6 Å². The minimum absolute atomic E-state index is 0.0531. The maximum atomic E-state index is 12.0. The molecule has 0 spiro atoms. The number of ether oxygens (including phenoxy) is 1. The monoisotopic (exact) mass is 377 g/mol. The van der Waals surface area contributed by atoms with Crippen molar-refractivity contribution < 1.29 is 24.2 Å². The molecule has 0 saturated carbocycles. The van der Waals surface area contributed by atoms with Crippen molar-refractivity contribution in [3.05, 3.63) is 33.3 Å². The average Bonchev–Trinajstić information content (AvgIpc) is 2.45. The van der Waals surface area contributed by atoms with Crippen LogP contribution < -0.4 is 5.32 Å². The first-order valence-corrected chi connectivity index (χ1v) is 7.07. The van der Waals surface area contributed by atoms with E-state index in [0.29, 0.717) is 9.50 Å². The zero-order chi connectivity index (χ0) is 16.0. The van der Waals surface area contributed by atoms with Crippen LogP contribution in [0, 0.1) is 0 Å². The van der Waals surface area contributed by atoms with Gasteiger partial charge in [-0.2, -0.15) is 0 Å². The molecule has 8 heteroatoms. The van der Waals surface area contributed by atoms with Crippen LogP contribution in [0.2, 0.25) is 5.02 Å². The highest BCUT2D eigenvalue weighted by molar-refractivity contribution is 9.10. The molecule has 0 aliphatic heterocycles. The van der Waals surface area contributed by atoms with Crippen LogP contribution >= 0.6 is 27.5 Å². The van der Waals surface area contributed by atoms with E-state index in [1.807, 2.05) is 0 Å². The number of carboxylic acids is 1. The zero-order valence-electron chi connectivity index (χ0n) is 11.1. The standard InChI is InChI=1S/C13H13BrClNO5/c1-21-11(17)5-4-10(13(19)20)16-12(18)7-2-3-9(15)8(14)6-7/h2-3,6,10H,4-5H2,1H3,(H,16,18)(H,19,20)/t10-/m1/s1. The fourth-order valence-electron chi connectivity index (χ4n) is 1.50. The lowest BCUT2D eigenvalue weighted by Gasteiger charge is -2.14. The Morgan fingerprint density at radius 2 is 2.10 bits per heavy atom. The molecule has 2 N–H and O–H groups in total. The Kier molecular flexibility index (Phi) is 6.64. The number of hydrogen-bond acceptors (Lipinski definition) is 4. The highest BCUT2D eigenvalue weighted by Crippen LogP contribution is 2.23. The molecular formula is C13H13BrClNO5. The second kappa shape index (κ2) is 7.99. The Labute approximate surface area is 134 Å². The number of amides is 1. The first-order chi connectivity index (χ1) is 9.85. The molecular weight excluding hydrogens is 366 g/mol. The van der Waals surface area contributed by atoms with Crippen molar-refractivity contribution in [3.63, 3.8) is 0 Å². The molecule has 0 unspecified atom stereocenters. The number of esters is 1. The molecule has 1 rings (SSSR count). The van der Waals surface area contributed by atoms with E-state index in [2.05, 4.69) is 26.0 Å². The second-order valence-corrected chi connectivity index (χ2v) is 5.37. The smallest absolute Gasteiger partial charge is 0.326 e. The molecule has 1 amide bonds. The predicted molar refractivity (Wildman–Crippen MR) is 79.3 cm³/mol. The van der Waals surface area contributed by atoms with E-state index < -0.39 is 23.9 Å². The summed E-state index contributed by atoms with van der Waals surface area (Å²) in [4.78, 5) is 34.1. The number of nitrogens with one attached hydrogen (secondary N) is 1. The molecule has 0 heterocycles. The normalized spacial score (nSPS) is 11.6. The van der Waals surface area contributed by atoms with E-state index in [-0.39, 0.29) is 18.4 Å². The van der Waals surface area contributed by atoms with Gasteiger partial charge in [-0.15, -0.1) is 0 Å². The first-order valence-electron chi connectivity index (χ1n) is 5.90. The predicted octanol–water partition coefficient (Wildman–Crippen LogP) is 2.24. The highest BCUT2D eigenvalue weighted by atomic mass is 79.9. The summed E-state index contributed by atoms with van der Waals surface area (Å²) >= 11 is 9.00. The molecule has 0 saturated heterocycles. The van der Waals surface area contributed by atoms with E-state index in [4.69, 9.17) is 16.7 Å². The van der Waals surface area contributed by atoms with E-state index in [0.717, 1.165) is 0 Å². The van der Waals surface area contributed by atoms with Gasteiger partial charge in [0, 0.05) is 16.5 Å². The van der Waals surface area contributed by atoms with Crippen molar-refractivity contribution in [1.29, 1.82) is 0 Å². The number of methoxy groups -OCH3 is 1. The molecule has 21 heavy (non-hydrogen) atoms. The summed E-state index contributed by atoms with van der Waals surface area (Å²) in [6.07, 6.45) is -0.152. The van der Waals surface area contributed by atoms with Gasteiger partial charge in [0.05, 0.1) is 12.1 Å². The van der Waals surface area contributed by atoms with Crippen LogP contribution in [0.1, 0.15) is 23.2 Å². The molecule has 0 aliphatic rings. The topological polar surface area (TPSA) is 92.7 Å². The summed E-state index contributed by atoms with van der Waals surface area (Å²) in [5.74, 6) is -2.32. The molecule has 0 aromatic heterocycles. The molecule has 0 bridgehead atoms. The van der Waals surface area contributed by atoms with E-state index >= 15 is 0 Å². The van der Waals surface area contributed by atoms with Crippen LogP contribution in [0.15, 0.2) is 22.7 Å². The SMILES string of the molecule is COC(=O)CC[C@@H](NC(=O)c1ccc(Cl)c(Br)c1)C(=O)O. The van der Waals surface area contributed by atoms with Crippen molar-refractivity contribution in [2.75, 3.05) is 7.11 Å². The van der Waals surface area contributed by atoms with Crippen molar-refractivity contribution in [2.24, 2.45) is 0 Å². The number of carbonyl (C=O) groups is 3. The van der Waals surface area contributed by atoms with Crippen LogP contribution in [-0.4, -0.2) is 36.1 Å². The second-order valence-electron chi connectivity index (χ2n) is 4.11. The van der Waals surface area contributed by atoms with Crippen molar-refractivity contribution in [1.82, 2.24) is 5.32 Å². The Bertz CT molecular complexity index is 563. The van der Waals surface area contributed by atoms with Crippen LogP contribution in [0.3, 0.4) is 0 Å². The van der Waals surface area contributed by atoms with Gasteiger partial charge in [-0.05, 0) is 40.5 Å². The van der Waals surface area contributed by atoms with Gasteiger partial charge in [0.1, 0.15) is 6.04 Å². The number of carboxylic acid groups (broad SMARTS) is 1. The largest absolute Gasteiger partial charge is 0.480 e. The Morgan fingerprint density at radius 1 is 1.43 bits per heavy atom. The van der Waals surface area contributed by atoms with Crippen molar-refractivity contribution in [3.8, 4) is 0 Å². The van der Waals surface area contributed by atoms with E-state index in [9.17, 15) is 14.4 Å². The van der Waals surface area contributed by atoms with Crippen LogP contribution in [-0.2, 0) is 14.3 Å². The lowest BCUT2D eigenvalue weighted by molar-refractivity contribution is -0.142. The van der Waals surface area contributed by atoms with Crippen LogP contribution in [0.25, 0.3) is 0 Å². The molecule has 6 nitrogen and oxygen atoms in total. The Balaban J connectivity index is 2.74. The molecule has 114 valence electrons. The fraction of sp³-hybridized carbons (Fsp3) is 0.308. The summed E-state index contributed by atoms with van der Waals surface area (Å²) in [6.45, 7) is 0. The third-order valence-corrected chi connectivity index (χ3v) is 3.86. The number of aliphatic carboxylic acids is 1. The summed E-state index contributed by atoms with van der Waals surface area (Å²) in [6, 6.07) is 3.30. The first kappa shape index (κ1) is 17.5. The van der Waals surface area contributed by atoms with E-state index in [1.54, 1.807) is 0 Å². The molecule has 1 aromatic carbocycles. The Hall–Kier alpha value is -1.60. The molecule has 0 fully saturated rings. The molecule has 1 atom stereocenters. The summed E-state index contributed by atoms with van der Waals surface area (Å²) in [5.41, 5.74) is 0.260. The van der Waals surface area contributed by atoms with E-state index in [1.165, 1.54) is 25.3 Å². The number of benzene rings is 1. The average molecular weight is 379 g/mol. The summed E-state index contributed by atoms with van der Waals surface area (Å²) < 4.78 is 4.96. The third-order valence-electron chi connectivity index (χ3n) is 2.65. The Morgan fingerprint density at radius 3 is 2.62 bits per heavy atom. The van der Waals surface area contributed by atoms with Gasteiger partial charge in [0.15, 0.2) is 0 Å². The fourth-order valence-corrected chi connectivity index (χ4v) is 2.00. The van der Waals surface area contributed by atoms with Gasteiger partial charge >= 0.3 is 11.9 Å². The maximum absolute atomic E-state index is 12.0. The van der Waals surface area contributed by atoms with Crippen molar-refractivity contribution in [2.45, 2.75) is 18.9 Å². The van der Waals surface area contributed by atoms with Gasteiger partial charge < -0.3 is 15.2 Å². The maximum Gasteiger partial charge on any atom is 0.326 e. The number of rotatable bonds is 6. The molecule has 0 radical (unpaired) electrons. The molecule has 0 aliphatic carbocycles. The minimum Gasteiger partial charge on any atom is -0.480 e. The number of carbonyl (C=O) groups excluding carboxylic acids is 2. The van der Waals surface area contributed by atoms with Gasteiger partial charge in [0.25, 0.3) is 5.91 Å². The number of halogens is 2. The molecule has 1 aromatic rings. The quantitative estimate of drug-likeness (QED) is 0.741. The number of hydrogen-bond donors (Lipinski definition) is 2. The lowest BCUT2D eigenvalue weighted by Crippen LogP contribution is -2.41. The summed E-state index contributed by atoms with van der Waals surface area (Å²) in [5, 5.41) is 11.8.